The molecule has 4 nitrogen and oxygen atoms in total. The van der Waals surface area contributed by atoms with Gasteiger partial charge in [0.25, 0.3) is 5.91 Å². The second kappa shape index (κ2) is 6.55. The number of hydrogen-bond acceptors (Lipinski definition) is 2. The van der Waals surface area contributed by atoms with Crippen molar-refractivity contribution in [2.24, 2.45) is 0 Å². The molecule has 2 rings (SSSR count). The number of carbonyl (C=O) groups is 1. The van der Waals surface area contributed by atoms with Crippen molar-refractivity contribution in [3.63, 3.8) is 0 Å². The van der Waals surface area contributed by atoms with E-state index in [-0.39, 0.29) is 11.9 Å². The van der Waals surface area contributed by atoms with Crippen LogP contribution in [0, 0.1) is 0 Å². The second-order valence-electron chi connectivity index (χ2n) is 5.23. The van der Waals surface area contributed by atoms with Crippen LogP contribution in [0.25, 0.3) is 10.9 Å². The van der Waals surface area contributed by atoms with Gasteiger partial charge in [0.2, 0.25) is 0 Å². The van der Waals surface area contributed by atoms with E-state index in [4.69, 9.17) is 0 Å². The normalized spacial score (nSPS) is 12.6. The molecule has 0 aliphatic carbocycles. The molecule has 1 heterocycles. The maximum Gasteiger partial charge on any atom is 0.275 e. The lowest BCUT2D eigenvalue weighted by Gasteiger charge is -2.28. The molecule has 1 atom stereocenters. The van der Waals surface area contributed by atoms with Crippen molar-refractivity contribution < 1.29 is 4.79 Å². The number of para-hydroxylation sites is 1. The van der Waals surface area contributed by atoms with Crippen LogP contribution in [-0.2, 0) is 0 Å². The Kier molecular flexibility index (Phi) is 4.77. The third-order valence-electron chi connectivity index (χ3n) is 3.81. The van der Waals surface area contributed by atoms with E-state index in [0.717, 1.165) is 36.7 Å². The van der Waals surface area contributed by atoms with E-state index in [1.807, 2.05) is 29.2 Å². The summed E-state index contributed by atoms with van der Waals surface area (Å²) in [7, 11) is 0. The summed E-state index contributed by atoms with van der Waals surface area (Å²) < 4.78 is 0. The minimum atomic E-state index is 0.0326. The van der Waals surface area contributed by atoms with Gasteiger partial charge in [-0.25, -0.2) is 0 Å². The molecule has 0 radical (unpaired) electrons. The van der Waals surface area contributed by atoms with E-state index >= 15 is 0 Å². The third kappa shape index (κ3) is 2.84. The lowest BCUT2D eigenvalue weighted by atomic mass is 10.1. The number of aromatic amines is 1. The van der Waals surface area contributed by atoms with Crippen LogP contribution in [0.3, 0.4) is 0 Å². The molecule has 0 saturated carbocycles. The molecule has 20 heavy (non-hydrogen) atoms. The largest absolute Gasteiger partial charge is 0.335 e. The van der Waals surface area contributed by atoms with Crippen molar-refractivity contribution in [2.45, 2.75) is 46.1 Å². The molecule has 108 valence electrons. The zero-order valence-corrected chi connectivity index (χ0v) is 12.5. The molecule has 1 aromatic carbocycles. The van der Waals surface area contributed by atoms with Crippen molar-refractivity contribution in [1.82, 2.24) is 15.1 Å². The maximum absolute atomic E-state index is 12.8. The number of rotatable bonds is 6. The second-order valence-corrected chi connectivity index (χ2v) is 5.23. The third-order valence-corrected chi connectivity index (χ3v) is 3.81. The van der Waals surface area contributed by atoms with E-state index in [1.165, 1.54) is 0 Å². The number of benzene rings is 1. The Morgan fingerprint density at radius 3 is 2.80 bits per heavy atom. The Bertz CT molecular complexity index is 576. The van der Waals surface area contributed by atoms with Gasteiger partial charge in [-0.3, -0.25) is 9.89 Å². The molecular weight excluding hydrogens is 250 g/mol. The Labute approximate surface area is 120 Å². The SMILES string of the molecule is CCCCN(C(=O)c1n[nH]c2ccccc12)C(C)CC. The molecule has 1 N–H and O–H groups in total. The van der Waals surface area contributed by atoms with Crippen LogP contribution >= 0.6 is 0 Å². The minimum Gasteiger partial charge on any atom is -0.335 e. The van der Waals surface area contributed by atoms with Gasteiger partial charge in [0.1, 0.15) is 0 Å². The number of hydrogen-bond donors (Lipinski definition) is 1. The van der Waals surface area contributed by atoms with Gasteiger partial charge < -0.3 is 4.90 Å². The highest BCUT2D eigenvalue weighted by atomic mass is 16.2. The first-order valence-corrected chi connectivity index (χ1v) is 7.43. The summed E-state index contributed by atoms with van der Waals surface area (Å²) in [6, 6.07) is 8.01. The van der Waals surface area contributed by atoms with Crippen LogP contribution in [0.1, 0.15) is 50.5 Å². The van der Waals surface area contributed by atoms with Crippen molar-refractivity contribution in [3.05, 3.63) is 30.0 Å². The highest BCUT2D eigenvalue weighted by molar-refractivity contribution is 6.04. The van der Waals surface area contributed by atoms with E-state index in [9.17, 15) is 4.79 Å². The van der Waals surface area contributed by atoms with Gasteiger partial charge in [0.15, 0.2) is 5.69 Å². The number of nitrogens with zero attached hydrogens (tertiary/aromatic N) is 2. The summed E-state index contributed by atoms with van der Waals surface area (Å²) in [6.45, 7) is 7.15. The summed E-state index contributed by atoms with van der Waals surface area (Å²) in [5.74, 6) is 0.0326. The average molecular weight is 273 g/mol. The molecule has 0 bridgehead atoms. The Morgan fingerprint density at radius 2 is 2.10 bits per heavy atom. The van der Waals surface area contributed by atoms with Gasteiger partial charge >= 0.3 is 0 Å². The molecule has 4 heteroatoms. The average Bonchev–Trinajstić information content (AvgIpc) is 2.91. The van der Waals surface area contributed by atoms with Crippen molar-refractivity contribution >= 4 is 16.8 Å². The molecule has 1 amide bonds. The Balaban J connectivity index is 2.31. The highest BCUT2D eigenvalue weighted by Gasteiger charge is 2.23. The summed E-state index contributed by atoms with van der Waals surface area (Å²) in [4.78, 5) is 14.7. The summed E-state index contributed by atoms with van der Waals surface area (Å²) in [6.07, 6.45) is 3.07. The summed E-state index contributed by atoms with van der Waals surface area (Å²) in [5, 5.41) is 8.07. The number of H-pyrrole nitrogens is 1. The van der Waals surface area contributed by atoms with Crippen LogP contribution in [-0.4, -0.2) is 33.6 Å². The molecule has 0 fully saturated rings. The topological polar surface area (TPSA) is 49.0 Å². The fourth-order valence-corrected chi connectivity index (χ4v) is 2.33. The number of carbonyl (C=O) groups excluding carboxylic acids is 1. The van der Waals surface area contributed by atoms with Gasteiger partial charge in [-0.1, -0.05) is 38.5 Å². The van der Waals surface area contributed by atoms with Gasteiger partial charge in [-0.15, -0.1) is 0 Å². The summed E-state index contributed by atoms with van der Waals surface area (Å²) >= 11 is 0. The lowest BCUT2D eigenvalue weighted by Crippen LogP contribution is -2.39. The van der Waals surface area contributed by atoms with Crippen LogP contribution in [0.15, 0.2) is 24.3 Å². The summed E-state index contributed by atoms with van der Waals surface area (Å²) in [5.41, 5.74) is 1.45. The predicted molar refractivity (Wildman–Crippen MR) is 81.8 cm³/mol. The van der Waals surface area contributed by atoms with Crippen molar-refractivity contribution in [1.29, 1.82) is 0 Å². The van der Waals surface area contributed by atoms with E-state index in [0.29, 0.717) is 5.69 Å². The smallest absolute Gasteiger partial charge is 0.275 e. The number of fused-ring (bicyclic) bond motifs is 1. The van der Waals surface area contributed by atoms with Gasteiger partial charge in [-0.05, 0) is 25.8 Å². The first kappa shape index (κ1) is 14.6. The van der Waals surface area contributed by atoms with Crippen LogP contribution in [0.4, 0.5) is 0 Å². The molecule has 1 unspecified atom stereocenters. The number of unbranched alkanes of at least 4 members (excludes halogenated alkanes) is 1. The fraction of sp³-hybridized carbons (Fsp3) is 0.500. The quantitative estimate of drug-likeness (QED) is 0.874. The minimum absolute atomic E-state index is 0.0326. The van der Waals surface area contributed by atoms with Crippen LogP contribution in [0.5, 0.6) is 0 Å². The zero-order valence-electron chi connectivity index (χ0n) is 12.5. The van der Waals surface area contributed by atoms with Gasteiger partial charge in [-0.2, -0.15) is 5.10 Å². The molecule has 0 aliphatic rings. The Hall–Kier alpha value is -1.84. The van der Waals surface area contributed by atoms with Crippen molar-refractivity contribution in [2.75, 3.05) is 6.54 Å². The monoisotopic (exact) mass is 273 g/mol. The number of aromatic nitrogens is 2. The first-order chi connectivity index (χ1) is 9.69. The molecule has 0 spiro atoms. The first-order valence-electron chi connectivity index (χ1n) is 7.43. The van der Waals surface area contributed by atoms with Gasteiger partial charge in [0.05, 0.1) is 5.52 Å². The van der Waals surface area contributed by atoms with Crippen molar-refractivity contribution in [3.8, 4) is 0 Å². The lowest BCUT2D eigenvalue weighted by molar-refractivity contribution is 0.0681. The van der Waals surface area contributed by atoms with Gasteiger partial charge in [0, 0.05) is 18.0 Å². The molecule has 0 aliphatic heterocycles. The van der Waals surface area contributed by atoms with E-state index in [1.54, 1.807) is 0 Å². The number of amides is 1. The Morgan fingerprint density at radius 1 is 1.35 bits per heavy atom. The zero-order chi connectivity index (χ0) is 14.5. The molecule has 1 aromatic heterocycles. The molecule has 0 saturated heterocycles. The fourth-order valence-electron chi connectivity index (χ4n) is 2.33. The molecule has 2 aromatic rings. The van der Waals surface area contributed by atoms with Crippen LogP contribution in [0.2, 0.25) is 0 Å². The van der Waals surface area contributed by atoms with E-state index in [2.05, 4.69) is 31.0 Å². The predicted octanol–water partition coefficient (Wildman–Crippen LogP) is 3.60. The van der Waals surface area contributed by atoms with E-state index < -0.39 is 0 Å². The number of nitrogens with one attached hydrogen (secondary N) is 1. The standard InChI is InChI=1S/C16H23N3O/c1-4-6-11-19(12(3)5-2)16(20)15-13-9-7-8-10-14(13)17-18-15/h7-10,12H,4-6,11H2,1-3H3,(H,17,18). The maximum atomic E-state index is 12.8. The molecular formula is C16H23N3O. The highest BCUT2D eigenvalue weighted by Crippen LogP contribution is 2.19. The van der Waals surface area contributed by atoms with Crippen LogP contribution < -0.4 is 0 Å².